The minimum Gasteiger partial charge on any atom is -0.463 e. The van der Waals surface area contributed by atoms with Gasteiger partial charge in [0.1, 0.15) is 0 Å². The molecule has 18 heavy (non-hydrogen) atoms. The van der Waals surface area contributed by atoms with Crippen molar-refractivity contribution in [2.45, 2.75) is 13.1 Å². The first-order valence-corrected chi connectivity index (χ1v) is 6.96. The molecule has 0 aliphatic rings. The maximum absolute atomic E-state index is 11.4. The summed E-state index contributed by atoms with van der Waals surface area (Å²) in [5, 5.41) is 5.30. The van der Waals surface area contributed by atoms with Crippen LogP contribution in [0.4, 0.5) is 0 Å². The van der Waals surface area contributed by atoms with Gasteiger partial charge in [0, 0.05) is 33.4 Å². The standard InChI is InChI=1S/C12H12BrNO3S/c1-16-12(15)11-8(2-3-17-11)5-14-6-10-4-9(13)7-18-10/h2-4,7,14H,5-6H2,1H3. The van der Waals surface area contributed by atoms with Gasteiger partial charge in [-0.05, 0) is 28.1 Å². The highest BCUT2D eigenvalue weighted by Gasteiger charge is 2.15. The van der Waals surface area contributed by atoms with E-state index in [1.54, 1.807) is 17.4 Å². The number of carbonyl (C=O) groups excluding carboxylic acids is 1. The summed E-state index contributed by atoms with van der Waals surface area (Å²) in [5.41, 5.74) is 0.803. The zero-order chi connectivity index (χ0) is 13.0. The number of ether oxygens (including phenoxy) is 1. The number of hydrogen-bond donors (Lipinski definition) is 1. The van der Waals surface area contributed by atoms with Gasteiger partial charge in [0.2, 0.25) is 5.76 Å². The van der Waals surface area contributed by atoms with Crippen molar-refractivity contribution in [3.8, 4) is 0 Å². The molecule has 0 bridgehead atoms. The zero-order valence-corrected chi connectivity index (χ0v) is 12.1. The van der Waals surface area contributed by atoms with Crippen LogP contribution in [0.15, 0.2) is 32.7 Å². The highest BCUT2D eigenvalue weighted by Crippen LogP contribution is 2.19. The van der Waals surface area contributed by atoms with Crippen LogP contribution >= 0.6 is 27.3 Å². The summed E-state index contributed by atoms with van der Waals surface area (Å²) in [4.78, 5) is 12.6. The fourth-order valence-electron chi connectivity index (χ4n) is 1.51. The molecule has 0 saturated heterocycles. The van der Waals surface area contributed by atoms with Crippen molar-refractivity contribution in [1.82, 2.24) is 5.32 Å². The largest absolute Gasteiger partial charge is 0.463 e. The summed E-state index contributed by atoms with van der Waals surface area (Å²) in [6.45, 7) is 1.32. The maximum Gasteiger partial charge on any atom is 0.374 e. The van der Waals surface area contributed by atoms with Gasteiger partial charge in [-0.15, -0.1) is 11.3 Å². The first-order valence-electron chi connectivity index (χ1n) is 5.29. The van der Waals surface area contributed by atoms with Crippen molar-refractivity contribution >= 4 is 33.2 Å². The lowest BCUT2D eigenvalue weighted by Gasteiger charge is -2.02. The average molecular weight is 330 g/mol. The quantitative estimate of drug-likeness (QED) is 0.856. The Balaban J connectivity index is 1.90. The number of rotatable bonds is 5. The van der Waals surface area contributed by atoms with Crippen LogP contribution in [0.5, 0.6) is 0 Å². The Labute approximate surface area is 117 Å². The second kappa shape index (κ2) is 6.17. The molecular formula is C12H12BrNO3S. The molecule has 1 N–H and O–H groups in total. The van der Waals surface area contributed by atoms with Crippen LogP contribution in [0.3, 0.4) is 0 Å². The van der Waals surface area contributed by atoms with Gasteiger partial charge in [-0.25, -0.2) is 4.79 Å². The second-order valence-electron chi connectivity index (χ2n) is 3.60. The normalized spacial score (nSPS) is 10.6. The van der Waals surface area contributed by atoms with E-state index in [-0.39, 0.29) is 5.76 Å². The van der Waals surface area contributed by atoms with Crippen LogP contribution < -0.4 is 5.32 Å². The summed E-state index contributed by atoms with van der Waals surface area (Å²) >= 11 is 5.09. The molecule has 0 radical (unpaired) electrons. The fourth-order valence-corrected chi connectivity index (χ4v) is 2.93. The lowest BCUT2D eigenvalue weighted by molar-refractivity contribution is 0.0563. The number of carbonyl (C=O) groups is 1. The molecule has 0 aliphatic heterocycles. The number of methoxy groups -OCH3 is 1. The lowest BCUT2D eigenvalue weighted by atomic mass is 10.2. The Morgan fingerprint density at radius 3 is 3.06 bits per heavy atom. The van der Waals surface area contributed by atoms with E-state index in [1.807, 2.05) is 5.38 Å². The molecule has 2 rings (SSSR count). The smallest absolute Gasteiger partial charge is 0.374 e. The topological polar surface area (TPSA) is 51.5 Å². The number of furan rings is 1. The van der Waals surface area contributed by atoms with Crippen molar-refractivity contribution in [1.29, 1.82) is 0 Å². The van der Waals surface area contributed by atoms with Gasteiger partial charge in [0.25, 0.3) is 0 Å². The molecule has 2 aromatic heterocycles. The molecule has 2 aromatic rings. The van der Waals surface area contributed by atoms with Gasteiger partial charge in [-0.2, -0.15) is 0 Å². The van der Waals surface area contributed by atoms with Crippen LogP contribution in [0.1, 0.15) is 21.0 Å². The average Bonchev–Trinajstić information content (AvgIpc) is 2.98. The summed E-state index contributed by atoms with van der Waals surface area (Å²) in [6.07, 6.45) is 1.49. The van der Waals surface area contributed by atoms with Crippen LogP contribution in [0, 0.1) is 0 Å². The third kappa shape index (κ3) is 3.22. The predicted octanol–water partition coefficient (Wildman–Crippen LogP) is 3.18. The van der Waals surface area contributed by atoms with Crippen molar-refractivity contribution < 1.29 is 13.9 Å². The molecule has 4 nitrogen and oxygen atoms in total. The van der Waals surface area contributed by atoms with Gasteiger partial charge in [-0.3, -0.25) is 0 Å². The highest BCUT2D eigenvalue weighted by atomic mass is 79.9. The summed E-state index contributed by atoms with van der Waals surface area (Å²) in [7, 11) is 1.34. The Morgan fingerprint density at radius 1 is 1.56 bits per heavy atom. The van der Waals surface area contributed by atoms with Crippen molar-refractivity contribution in [3.63, 3.8) is 0 Å². The Kier molecular flexibility index (Phi) is 4.57. The number of hydrogen-bond acceptors (Lipinski definition) is 5. The number of thiophene rings is 1. The Hall–Kier alpha value is -1.11. The molecule has 2 heterocycles. The van der Waals surface area contributed by atoms with E-state index in [2.05, 4.69) is 32.0 Å². The molecular weight excluding hydrogens is 318 g/mol. The van der Waals surface area contributed by atoms with Crippen LogP contribution in [0.2, 0.25) is 0 Å². The van der Waals surface area contributed by atoms with Crippen molar-refractivity contribution in [3.05, 3.63) is 44.4 Å². The number of nitrogens with one attached hydrogen (secondary N) is 1. The third-order valence-corrected chi connectivity index (χ3v) is 4.05. The first kappa shape index (κ1) is 13.3. The predicted molar refractivity (Wildman–Crippen MR) is 72.6 cm³/mol. The molecule has 0 unspecified atom stereocenters. The highest BCUT2D eigenvalue weighted by molar-refractivity contribution is 9.10. The monoisotopic (exact) mass is 329 g/mol. The van der Waals surface area contributed by atoms with E-state index in [4.69, 9.17) is 4.42 Å². The summed E-state index contributed by atoms with van der Waals surface area (Å²) in [6, 6.07) is 3.83. The SMILES string of the molecule is COC(=O)c1occc1CNCc1cc(Br)cs1. The van der Waals surface area contributed by atoms with Gasteiger partial charge < -0.3 is 14.5 Å². The van der Waals surface area contributed by atoms with Gasteiger partial charge >= 0.3 is 5.97 Å². The molecule has 0 spiro atoms. The van der Waals surface area contributed by atoms with E-state index in [1.165, 1.54) is 18.3 Å². The first-order chi connectivity index (χ1) is 8.70. The van der Waals surface area contributed by atoms with E-state index >= 15 is 0 Å². The van der Waals surface area contributed by atoms with Crippen molar-refractivity contribution in [2.24, 2.45) is 0 Å². The Morgan fingerprint density at radius 2 is 2.39 bits per heavy atom. The molecule has 0 amide bonds. The second-order valence-corrected chi connectivity index (χ2v) is 5.51. The molecule has 0 saturated carbocycles. The number of esters is 1. The molecule has 0 atom stereocenters. The van der Waals surface area contributed by atoms with E-state index in [9.17, 15) is 4.79 Å². The van der Waals surface area contributed by atoms with Gasteiger partial charge in [0.15, 0.2) is 0 Å². The fraction of sp³-hybridized carbons (Fsp3) is 0.250. The van der Waals surface area contributed by atoms with Crippen LogP contribution in [0.25, 0.3) is 0 Å². The lowest BCUT2D eigenvalue weighted by Crippen LogP contribution is -2.14. The summed E-state index contributed by atoms with van der Waals surface area (Å²) < 4.78 is 10.8. The van der Waals surface area contributed by atoms with E-state index in [0.29, 0.717) is 6.54 Å². The van der Waals surface area contributed by atoms with Crippen LogP contribution in [-0.4, -0.2) is 13.1 Å². The van der Waals surface area contributed by atoms with Crippen molar-refractivity contribution in [2.75, 3.05) is 7.11 Å². The molecule has 0 aromatic carbocycles. The number of halogens is 1. The third-order valence-electron chi connectivity index (χ3n) is 2.35. The zero-order valence-electron chi connectivity index (χ0n) is 9.73. The van der Waals surface area contributed by atoms with Gasteiger partial charge in [0.05, 0.1) is 13.4 Å². The summed E-state index contributed by atoms with van der Waals surface area (Å²) in [5.74, 6) is -0.187. The molecule has 6 heteroatoms. The van der Waals surface area contributed by atoms with E-state index in [0.717, 1.165) is 16.6 Å². The van der Waals surface area contributed by atoms with E-state index < -0.39 is 5.97 Å². The molecule has 0 fully saturated rings. The minimum atomic E-state index is -0.448. The molecule has 0 aliphatic carbocycles. The van der Waals surface area contributed by atoms with Crippen LogP contribution in [-0.2, 0) is 17.8 Å². The minimum absolute atomic E-state index is 0.261. The Bertz CT molecular complexity index is 535. The van der Waals surface area contributed by atoms with Gasteiger partial charge in [-0.1, -0.05) is 0 Å². The molecule has 96 valence electrons. The maximum atomic E-state index is 11.4.